The van der Waals surface area contributed by atoms with Crippen molar-refractivity contribution in [3.63, 3.8) is 0 Å². The normalized spacial score (nSPS) is 11.6. The molecule has 0 radical (unpaired) electrons. The number of carbonyl (C=O) groups excluding carboxylic acids is 2. The fraction of sp³-hybridized carbons (Fsp3) is 0.429. The molecule has 154 valence electrons. The second kappa shape index (κ2) is 7.95. The standard InChI is InChI=1S/C21H24N2O6/c1-20(2,3)28-18(25)23(19(26)29-21(4,5)6)17-13(12-22-7)8-10-15-14(17)9-11-16(24)27-15/h8-11H,12H2,1-6H3. The first-order valence-electron chi connectivity index (χ1n) is 8.97. The van der Waals surface area contributed by atoms with Crippen LogP contribution in [-0.2, 0) is 16.0 Å². The highest BCUT2D eigenvalue weighted by Crippen LogP contribution is 2.33. The average Bonchev–Trinajstić information content (AvgIpc) is 2.53. The Morgan fingerprint density at radius 3 is 2.03 bits per heavy atom. The van der Waals surface area contributed by atoms with Crippen LogP contribution in [0.5, 0.6) is 0 Å². The molecule has 0 fully saturated rings. The zero-order chi connectivity index (χ0) is 22.0. The minimum Gasteiger partial charge on any atom is -0.443 e. The molecule has 0 aliphatic heterocycles. The van der Waals surface area contributed by atoms with Crippen molar-refractivity contribution >= 4 is 28.8 Å². The maximum absolute atomic E-state index is 13.0. The van der Waals surface area contributed by atoms with E-state index in [1.54, 1.807) is 41.5 Å². The van der Waals surface area contributed by atoms with Gasteiger partial charge in [0.05, 0.1) is 11.3 Å². The van der Waals surface area contributed by atoms with Gasteiger partial charge in [-0.2, -0.15) is 4.90 Å². The Hall–Kier alpha value is -3.34. The molecule has 1 heterocycles. The molecule has 0 saturated carbocycles. The van der Waals surface area contributed by atoms with Gasteiger partial charge in [-0.25, -0.2) is 21.0 Å². The summed E-state index contributed by atoms with van der Waals surface area (Å²) in [5.41, 5.74) is -1.70. The minimum atomic E-state index is -0.961. The first-order valence-corrected chi connectivity index (χ1v) is 8.97. The summed E-state index contributed by atoms with van der Waals surface area (Å²) < 4.78 is 16.0. The molecule has 1 aromatic heterocycles. The van der Waals surface area contributed by atoms with Crippen LogP contribution in [-0.4, -0.2) is 23.4 Å². The van der Waals surface area contributed by atoms with Crippen molar-refractivity contribution in [2.75, 3.05) is 4.90 Å². The van der Waals surface area contributed by atoms with Gasteiger partial charge in [-0.1, -0.05) is 0 Å². The van der Waals surface area contributed by atoms with E-state index in [9.17, 15) is 14.4 Å². The highest BCUT2D eigenvalue weighted by molar-refractivity contribution is 6.15. The highest BCUT2D eigenvalue weighted by atomic mass is 16.6. The number of hydrogen-bond donors (Lipinski definition) is 0. The van der Waals surface area contributed by atoms with Crippen molar-refractivity contribution in [2.45, 2.75) is 59.3 Å². The molecule has 29 heavy (non-hydrogen) atoms. The number of fused-ring (bicyclic) bond motifs is 1. The third-order valence-electron chi connectivity index (χ3n) is 3.48. The van der Waals surface area contributed by atoms with Crippen molar-refractivity contribution < 1.29 is 23.5 Å². The first-order chi connectivity index (χ1) is 13.3. The zero-order valence-electron chi connectivity index (χ0n) is 17.4. The fourth-order valence-corrected chi connectivity index (χ4v) is 2.53. The van der Waals surface area contributed by atoms with E-state index in [-0.39, 0.29) is 17.8 Å². The number of benzene rings is 1. The number of ether oxygens (including phenoxy) is 2. The number of hydrogen-bond acceptors (Lipinski definition) is 6. The van der Waals surface area contributed by atoms with E-state index in [2.05, 4.69) is 4.85 Å². The maximum atomic E-state index is 13.0. The third-order valence-corrected chi connectivity index (χ3v) is 3.48. The molecule has 0 unspecified atom stereocenters. The summed E-state index contributed by atoms with van der Waals surface area (Å²) >= 11 is 0. The predicted molar refractivity (Wildman–Crippen MR) is 108 cm³/mol. The number of amides is 2. The lowest BCUT2D eigenvalue weighted by atomic mass is 10.1. The van der Waals surface area contributed by atoms with Crippen LogP contribution in [0, 0.1) is 6.57 Å². The molecule has 0 N–H and O–H groups in total. The summed E-state index contributed by atoms with van der Waals surface area (Å²) in [4.78, 5) is 41.7. The summed E-state index contributed by atoms with van der Waals surface area (Å²) in [5, 5.41) is 0.308. The molecular formula is C21H24N2O6. The quantitative estimate of drug-likeness (QED) is 0.527. The van der Waals surface area contributed by atoms with E-state index in [1.807, 2.05) is 0 Å². The molecular weight excluding hydrogens is 376 g/mol. The molecule has 0 spiro atoms. The van der Waals surface area contributed by atoms with E-state index in [1.165, 1.54) is 24.3 Å². The van der Waals surface area contributed by atoms with E-state index >= 15 is 0 Å². The van der Waals surface area contributed by atoms with Gasteiger partial charge in [0.15, 0.2) is 0 Å². The van der Waals surface area contributed by atoms with Crippen LogP contribution in [0.15, 0.2) is 33.5 Å². The Morgan fingerprint density at radius 2 is 1.55 bits per heavy atom. The molecule has 2 rings (SSSR count). The van der Waals surface area contributed by atoms with Gasteiger partial charge >= 0.3 is 17.8 Å². The Kier molecular flexibility index (Phi) is 6.02. The maximum Gasteiger partial charge on any atom is 0.424 e. The lowest BCUT2D eigenvalue weighted by Crippen LogP contribution is -2.44. The molecule has 0 aliphatic carbocycles. The molecule has 8 heteroatoms. The summed E-state index contributed by atoms with van der Waals surface area (Å²) in [6.07, 6.45) is -1.92. The van der Waals surface area contributed by atoms with Crippen molar-refractivity contribution in [1.29, 1.82) is 0 Å². The molecule has 0 saturated heterocycles. The molecule has 0 aliphatic rings. The Labute approximate surface area is 168 Å². The second-order valence-corrected chi connectivity index (χ2v) is 8.35. The largest absolute Gasteiger partial charge is 0.443 e. The predicted octanol–water partition coefficient (Wildman–Crippen LogP) is 4.89. The number of nitrogens with zero attached hydrogens (tertiary/aromatic N) is 2. The van der Waals surface area contributed by atoms with Gasteiger partial charge < -0.3 is 18.7 Å². The average molecular weight is 400 g/mol. The molecule has 1 aromatic carbocycles. The fourth-order valence-electron chi connectivity index (χ4n) is 2.53. The van der Waals surface area contributed by atoms with Crippen molar-refractivity contribution in [2.24, 2.45) is 0 Å². The summed E-state index contributed by atoms with van der Waals surface area (Å²) in [6.45, 7) is 17.1. The Morgan fingerprint density at radius 1 is 1.00 bits per heavy atom. The van der Waals surface area contributed by atoms with Gasteiger partial charge in [-0.3, -0.25) is 0 Å². The monoisotopic (exact) mass is 400 g/mol. The molecule has 0 bridgehead atoms. The lowest BCUT2D eigenvalue weighted by molar-refractivity contribution is 0.0431. The minimum absolute atomic E-state index is 0.0887. The summed E-state index contributed by atoms with van der Waals surface area (Å²) in [5.74, 6) is 0. The zero-order valence-corrected chi connectivity index (χ0v) is 17.4. The van der Waals surface area contributed by atoms with Gasteiger partial charge in [0.2, 0.25) is 6.54 Å². The molecule has 2 aromatic rings. The molecule has 0 atom stereocenters. The van der Waals surface area contributed by atoms with Crippen LogP contribution in [0.2, 0.25) is 0 Å². The van der Waals surface area contributed by atoms with E-state index in [4.69, 9.17) is 20.5 Å². The number of carbonyl (C=O) groups is 2. The molecule has 8 nitrogen and oxygen atoms in total. The molecule has 2 amide bonds. The summed E-state index contributed by atoms with van der Waals surface area (Å²) in [7, 11) is 0. The van der Waals surface area contributed by atoms with Crippen LogP contribution >= 0.6 is 0 Å². The van der Waals surface area contributed by atoms with Crippen molar-refractivity contribution in [3.05, 3.63) is 51.7 Å². The lowest BCUT2D eigenvalue weighted by Gasteiger charge is -2.29. The van der Waals surface area contributed by atoms with Crippen molar-refractivity contribution in [1.82, 2.24) is 0 Å². The summed E-state index contributed by atoms with van der Waals surface area (Å²) in [6, 6.07) is 5.66. The SMILES string of the molecule is [C-]#[N+]Cc1ccc2oc(=O)ccc2c1N(C(=O)OC(C)(C)C)C(=O)OC(C)(C)C. The van der Waals surface area contributed by atoms with Gasteiger partial charge in [0.25, 0.3) is 0 Å². The van der Waals surface area contributed by atoms with Gasteiger partial charge in [0.1, 0.15) is 16.8 Å². The highest BCUT2D eigenvalue weighted by Gasteiger charge is 2.35. The number of rotatable bonds is 2. The van der Waals surface area contributed by atoms with Gasteiger partial charge in [-0.15, -0.1) is 0 Å². The van der Waals surface area contributed by atoms with Crippen LogP contribution < -0.4 is 10.5 Å². The van der Waals surface area contributed by atoms with Gasteiger partial charge in [-0.05, 0) is 59.7 Å². The van der Waals surface area contributed by atoms with Crippen molar-refractivity contribution in [3.8, 4) is 0 Å². The van der Waals surface area contributed by atoms with E-state index < -0.39 is 29.0 Å². The first kappa shape index (κ1) is 22.0. The smallest absolute Gasteiger partial charge is 0.424 e. The van der Waals surface area contributed by atoms with E-state index in [0.717, 1.165) is 4.90 Å². The Bertz CT molecular complexity index is 1010. The van der Waals surface area contributed by atoms with E-state index in [0.29, 0.717) is 10.9 Å². The van der Waals surface area contributed by atoms with Crippen LogP contribution in [0.3, 0.4) is 0 Å². The Balaban J connectivity index is 2.77. The van der Waals surface area contributed by atoms with Crippen LogP contribution in [0.4, 0.5) is 15.3 Å². The van der Waals surface area contributed by atoms with Crippen LogP contribution in [0.25, 0.3) is 15.8 Å². The second-order valence-electron chi connectivity index (χ2n) is 8.35. The number of imide groups is 1. The number of anilines is 1. The van der Waals surface area contributed by atoms with Crippen LogP contribution in [0.1, 0.15) is 47.1 Å². The topological polar surface area (TPSA) is 90.4 Å². The van der Waals surface area contributed by atoms with Gasteiger partial charge in [0, 0.05) is 11.5 Å². The third kappa shape index (κ3) is 5.57.